The van der Waals surface area contributed by atoms with E-state index in [9.17, 15) is 10.2 Å². The van der Waals surface area contributed by atoms with E-state index in [1.54, 1.807) is 0 Å². The second-order valence-corrected chi connectivity index (χ2v) is 7.63. The van der Waals surface area contributed by atoms with Crippen LogP contribution in [0.3, 0.4) is 0 Å². The van der Waals surface area contributed by atoms with Crippen LogP contribution in [0.4, 0.5) is 0 Å². The van der Waals surface area contributed by atoms with Gasteiger partial charge in [0.05, 0.1) is 12.7 Å². The van der Waals surface area contributed by atoms with Crippen LogP contribution in [0.5, 0.6) is 11.5 Å². The molecule has 6 heteroatoms. The monoisotopic (exact) mass is 609 g/mol. The first-order chi connectivity index (χ1) is 14.7. The van der Waals surface area contributed by atoms with E-state index in [2.05, 4.69) is 37.1 Å². The van der Waals surface area contributed by atoms with Crippen molar-refractivity contribution in [2.75, 3.05) is 13.2 Å². The fraction of sp³-hybridized carbons (Fsp3) is 0.385. The molecular formula is C26H33O5W-. The van der Waals surface area contributed by atoms with Gasteiger partial charge >= 0.3 is 0 Å². The summed E-state index contributed by atoms with van der Waals surface area (Å²) < 4.78 is 11.5. The van der Waals surface area contributed by atoms with Crippen LogP contribution in [0.1, 0.15) is 39.8 Å². The second kappa shape index (κ2) is 14.8. The van der Waals surface area contributed by atoms with Crippen molar-refractivity contribution in [1.82, 2.24) is 0 Å². The van der Waals surface area contributed by atoms with E-state index in [0.717, 1.165) is 40.2 Å². The Morgan fingerprint density at radius 1 is 0.906 bits per heavy atom. The van der Waals surface area contributed by atoms with Gasteiger partial charge in [0.15, 0.2) is 0 Å². The first-order valence-electron chi connectivity index (χ1n) is 10.1. The van der Waals surface area contributed by atoms with Crippen molar-refractivity contribution in [3.05, 3.63) is 64.6 Å². The van der Waals surface area contributed by atoms with Crippen molar-refractivity contribution in [3.8, 4) is 23.8 Å². The van der Waals surface area contributed by atoms with Crippen LogP contribution in [0.2, 0.25) is 0 Å². The summed E-state index contributed by atoms with van der Waals surface area (Å²) in [6.45, 7) is 13.9. The molecule has 2 aromatic rings. The van der Waals surface area contributed by atoms with E-state index < -0.39 is 12.2 Å². The molecule has 0 heterocycles. The first kappa shape index (κ1) is 29.9. The number of carbonyl (C=O) groups is 1. The van der Waals surface area contributed by atoms with Crippen LogP contribution >= 0.6 is 0 Å². The van der Waals surface area contributed by atoms with Crippen molar-refractivity contribution in [2.24, 2.45) is 0 Å². The van der Waals surface area contributed by atoms with E-state index in [-0.39, 0.29) is 40.7 Å². The van der Waals surface area contributed by atoms with Gasteiger partial charge < -0.3 is 31.4 Å². The predicted molar refractivity (Wildman–Crippen MR) is 124 cm³/mol. The molecule has 0 fully saturated rings. The summed E-state index contributed by atoms with van der Waals surface area (Å²) in [6.07, 6.45) is 4.90. The molecule has 0 saturated heterocycles. The SMILES string of the molecule is C#CCC(O)COc1c(C)cc(Cc2cc(C)c(OCC([CH2-])O)c(C)c2)cc1C.C=O.[W]. The maximum absolute atomic E-state index is 9.79. The Bertz CT molecular complexity index is 856. The zero-order valence-electron chi connectivity index (χ0n) is 19.3. The van der Waals surface area contributed by atoms with Gasteiger partial charge in [0.25, 0.3) is 0 Å². The summed E-state index contributed by atoms with van der Waals surface area (Å²) in [6, 6.07) is 8.46. The van der Waals surface area contributed by atoms with Crippen molar-refractivity contribution in [1.29, 1.82) is 0 Å². The van der Waals surface area contributed by atoms with E-state index in [4.69, 9.17) is 20.7 Å². The number of terminal acetylenes is 1. The molecule has 2 rings (SSSR count). The molecule has 0 radical (unpaired) electrons. The van der Waals surface area contributed by atoms with Crippen LogP contribution in [-0.2, 0) is 32.3 Å². The molecule has 0 aliphatic carbocycles. The molecule has 5 nitrogen and oxygen atoms in total. The number of rotatable bonds is 9. The molecule has 0 amide bonds. The zero-order chi connectivity index (χ0) is 23.6. The van der Waals surface area contributed by atoms with Gasteiger partial charge in [0, 0.05) is 27.5 Å². The van der Waals surface area contributed by atoms with Gasteiger partial charge in [-0.2, -0.15) is 0 Å². The van der Waals surface area contributed by atoms with Gasteiger partial charge in [0.1, 0.15) is 24.9 Å². The average Bonchev–Trinajstić information content (AvgIpc) is 2.68. The van der Waals surface area contributed by atoms with E-state index in [1.807, 2.05) is 34.5 Å². The number of aryl methyl sites for hydroxylation is 4. The maximum atomic E-state index is 9.79. The van der Waals surface area contributed by atoms with E-state index >= 15 is 0 Å². The summed E-state index contributed by atoms with van der Waals surface area (Å²) in [5.41, 5.74) is 6.53. The molecule has 2 aromatic carbocycles. The average molecular weight is 609 g/mol. The quantitative estimate of drug-likeness (QED) is 0.336. The van der Waals surface area contributed by atoms with E-state index in [0.29, 0.717) is 0 Å². The van der Waals surface area contributed by atoms with Crippen LogP contribution in [0.25, 0.3) is 0 Å². The van der Waals surface area contributed by atoms with Crippen LogP contribution in [0.15, 0.2) is 24.3 Å². The third kappa shape index (κ3) is 9.16. The number of aliphatic hydroxyl groups is 2. The molecule has 0 aliphatic heterocycles. The molecule has 2 atom stereocenters. The largest absolute Gasteiger partial charge is 0.493 e. The standard InChI is InChI=1S/C25H31O4.CH2O.W/c1-7-8-23(27)15-29-25-18(4)11-22(12-19(25)5)13-21-9-16(2)24(17(3)10-21)28-14-20(6)26;1-2;/h1,9-12,20,23,26-27H,6,8,13-15H2,2-5H3;1H2;/q-1;;. The van der Waals surface area contributed by atoms with Gasteiger partial charge in [-0.1, -0.05) is 24.3 Å². The molecule has 0 aliphatic rings. The van der Waals surface area contributed by atoms with Gasteiger partial charge in [-0.3, -0.25) is 0 Å². The van der Waals surface area contributed by atoms with Crippen molar-refractivity contribution < 1.29 is 45.5 Å². The Kier molecular flexibility index (Phi) is 13.9. The molecule has 0 saturated carbocycles. The summed E-state index contributed by atoms with van der Waals surface area (Å²) in [5.74, 6) is 4.04. The summed E-state index contributed by atoms with van der Waals surface area (Å²) in [4.78, 5) is 8.00. The van der Waals surface area contributed by atoms with Crippen LogP contribution in [0, 0.1) is 47.0 Å². The third-order valence-electron chi connectivity index (χ3n) is 4.64. The maximum Gasteiger partial charge on any atom is 0.125 e. The molecule has 0 spiro atoms. The number of carbonyl (C=O) groups excluding carboxylic acids is 1. The van der Waals surface area contributed by atoms with Crippen LogP contribution in [-0.4, -0.2) is 42.4 Å². The zero-order valence-corrected chi connectivity index (χ0v) is 22.2. The summed E-state index contributed by atoms with van der Waals surface area (Å²) in [5, 5.41) is 19.1. The molecule has 2 unspecified atom stereocenters. The third-order valence-corrected chi connectivity index (χ3v) is 4.64. The smallest absolute Gasteiger partial charge is 0.125 e. The first-order valence-corrected chi connectivity index (χ1v) is 10.1. The summed E-state index contributed by atoms with van der Waals surface area (Å²) in [7, 11) is 0. The fourth-order valence-corrected chi connectivity index (χ4v) is 3.53. The Morgan fingerprint density at radius 3 is 1.62 bits per heavy atom. The van der Waals surface area contributed by atoms with Crippen molar-refractivity contribution >= 4 is 6.79 Å². The molecular weight excluding hydrogens is 576 g/mol. The number of ether oxygens (including phenoxy) is 2. The Labute approximate surface area is 206 Å². The molecule has 0 bridgehead atoms. The van der Waals surface area contributed by atoms with Gasteiger partial charge in [-0.15, -0.1) is 12.3 Å². The van der Waals surface area contributed by atoms with Gasteiger partial charge in [0.2, 0.25) is 0 Å². The number of hydrogen-bond acceptors (Lipinski definition) is 5. The minimum atomic E-state index is -0.743. The van der Waals surface area contributed by atoms with E-state index in [1.165, 1.54) is 11.1 Å². The van der Waals surface area contributed by atoms with Crippen molar-refractivity contribution in [3.63, 3.8) is 0 Å². The molecule has 2 N–H and O–H groups in total. The molecule has 174 valence electrons. The molecule has 0 aromatic heterocycles. The Morgan fingerprint density at radius 2 is 1.28 bits per heavy atom. The fourth-order valence-electron chi connectivity index (χ4n) is 3.53. The minimum absolute atomic E-state index is 0. The minimum Gasteiger partial charge on any atom is -0.493 e. The number of hydrogen-bond donors (Lipinski definition) is 2. The van der Waals surface area contributed by atoms with Gasteiger partial charge in [-0.25, -0.2) is 0 Å². The van der Waals surface area contributed by atoms with Crippen LogP contribution < -0.4 is 9.47 Å². The topological polar surface area (TPSA) is 76.0 Å². The number of aliphatic hydroxyl groups excluding tert-OH is 2. The number of benzene rings is 2. The molecule has 32 heavy (non-hydrogen) atoms. The predicted octanol–water partition coefficient (Wildman–Crippen LogP) is 3.66. The second-order valence-electron chi connectivity index (χ2n) is 7.63. The Balaban J connectivity index is 0.00000311. The van der Waals surface area contributed by atoms with Gasteiger partial charge in [-0.05, 0) is 73.6 Å². The summed E-state index contributed by atoms with van der Waals surface area (Å²) >= 11 is 0. The van der Waals surface area contributed by atoms with Crippen molar-refractivity contribution in [2.45, 2.75) is 52.7 Å². The Hall–Kier alpha value is -2.12. The normalized spacial score (nSPS) is 11.8.